The quantitative estimate of drug-likeness (QED) is 0.604. The van der Waals surface area contributed by atoms with E-state index in [1.165, 1.54) is 37.4 Å². The molecule has 0 atom stereocenters. The Hall–Kier alpha value is -2.94. The minimum atomic E-state index is -4.41. The van der Waals surface area contributed by atoms with E-state index in [0.29, 0.717) is 5.56 Å². The first-order valence-electron chi connectivity index (χ1n) is 7.62. The summed E-state index contributed by atoms with van der Waals surface area (Å²) in [4.78, 5) is 23.7. The average Bonchev–Trinajstić information content (AvgIpc) is 2.62. The van der Waals surface area contributed by atoms with Gasteiger partial charge in [-0.15, -0.1) is 0 Å². The molecule has 5 nitrogen and oxygen atoms in total. The maximum absolute atomic E-state index is 13.8. The van der Waals surface area contributed by atoms with Crippen molar-refractivity contribution in [2.45, 2.75) is 12.8 Å². The number of ether oxygens (including phenoxy) is 2. The molecule has 0 spiro atoms. The summed E-state index contributed by atoms with van der Waals surface area (Å²) < 4.78 is 59.0. The highest BCUT2D eigenvalue weighted by atomic mass is 19.4. The van der Waals surface area contributed by atoms with Crippen molar-refractivity contribution in [1.82, 2.24) is 0 Å². The fraction of sp³-hybridized carbons (Fsp3) is 0.222. The van der Waals surface area contributed by atoms with Crippen LogP contribution in [0, 0.1) is 5.82 Å². The third kappa shape index (κ3) is 6.07. The van der Waals surface area contributed by atoms with Crippen LogP contribution in [0.5, 0.6) is 0 Å². The molecule has 1 N–H and O–H groups in total. The molecule has 144 valence electrons. The summed E-state index contributed by atoms with van der Waals surface area (Å²) in [7, 11) is 1.17. The van der Waals surface area contributed by atoms with Gasteiger partial charge in [-0.1, -0.05) is 12.1 Å². The highest BCUT2D eigenvalue weighted by molar-refractivity contribution is 6.05. The molecule has 0 heterocycles. The summed E-state index contributed by atoms with van der Waals surface area (Å²) >= 11 is 0. The molecule has 0 radical (unpaired) electrons. The Bertz CT molecular complexity index is 819. The van der Waals surface area contributed by atoms with E-state index in [1.54, 1.807) is 0 Å². The predicted molar refractivity (Wildman–Crippen MR) is 87.8 cm³/mol. The Morgan fingerprint density at radius 3 is 2.26 bits per heavy atom. The number of hydrogen-bond donors (Lipinski definition) is 1. The normalized spacial score (nSPS) is 11.1. The Labute approximate surface area is 151 Å². The number of anilines is 1. The van der Waals surface area contributed by atoms with Gasteiger partial charge in [0.2, 0.25) is 0 Å². The molecule has 2 aromatic carbocycles. The molecule has 0 aromatic heterocycles. The fourth-order valence-electron chi connectivity index (χ4n) is 2.10. The van der Waals surface area contributed by atoms with Gasteiger partial charge >= 0.3 is 12.1 Å². The lowest BCUT2D eigenvalue weighted by Gasteiger charge is -2.10. The van der Waals surface area contributed by atoms with E-state index in [-0.39, 0.29) is 23.4 Å². The van der Waals surface area contributed by atoms with Crippen molar-refractivity contribution in [3.05, 3.63) is 65.0 Å². The second-order valence-corrected chi connectivity index (χ2v) is 5.45. The fourth-order valence-corrected chi connectivity index (χ4v) is 2.10. The number of hydrogen-bond acceptors (Lipinski definition) is 4. The molecule has 2 rings (SSSR count). The highest BCUT2D eigenvalue weighted by Crippen LogP contribution is 2.19. The second-order valence-electron chi connectivity index (χ2n) is 5.45. The van der Waals surface area contributed by atoms with E-state index in [9.17, 15) is 27.2 Å². The number of halogens is 4. The molecular weight excluding hydrogens is 370 g/mol. The summed E-state index contributed by atoms with van der Waals surface area (Å²) in [5, 5.41) is 2.33. The van der Waals surface area contributed by atoms with Crippen LogP contribution in [0.25, 0.3) is 0 Å². The largest absolute Gasteiger partial charge is 0.465 e. The SMILES string of the molecule is COC(=O)c1ccc(F)c(NC(=O)c2ccc(COCC(F)(F)F)cc2)c1. The van der Waals surface area contributed by atoms with Crippen molar-refractivity contribution in [2.24, 2.45) is 0 Å². The van der Waals surface area contributed by atoms with Crippen molar-refractivity contribution in [3.63, 3.8) is 0 Å². The van der Waals surface area contributed by atoms with Crippen molar-refractivity contribution >= 4 is 17.6 Å². The van der Waals surface area contributed by atoms with Crippen LogP contribution in [-0.2, 0) is 16.1 Å². The number of nitrogens with one attached hydrogen (secondary N) is 1. The van der Waals surface area contributed by atoms with Crippen LogP contribution >= 0.6 is 0 Å². The molecule has 27 heavy (non-hydrogen) atoms. The summed E-state index contributed by atoms with van der Waals surface area (Å²) in [5.74, 6) is -2.08. The van der Waals surface area contributed by atoms with Crippen LogP contribution in [0.3, 0.4) is 0 Å². The minimum Gasteiger partial charge on any atom is -0.465 e. The number of methoxy groups -OCH3 is 1. The maximum Gasteiger partial charge on any atom is 0.411 e. The van der Waals surface area contributed by atoms with Crippen molar-refractivity contribution in [3.8, 4) is 0 Å². The molecule has 0 unspecified atom stereocenters. The van der Waals surface area contributed by atoms with E-state index in [2.05, 4.69) is 14.8 Å². The smallest absolute Gasteiger partial charge is 0.411 e. The summed E-state index contributed by atoms with van der Waals surface area (Å²) in [6, 6.07) is 8.94. The number of carbonyl (C=O) groups excluding carboxylic acids is 2. The summed E-state index contributed by atoms with van der Waals surface area (Å²) in [6.07, 6.45) is -4.41. The van der Waals surface area contributed by atoms with Crippen LogP contribution in [0.1, 0.15) is 26.3 Å². The van der Waals surface area contributed by atoms with Gasteiger partial charge in [0.1, 0.15) is 12.4 Å². The Balaban J connectivity index is 2.03. The lowest BCUT2D eigenvalue weighted by Crippen LogP contribution is -2.17. The Kier molecular flexibility index (Phi) is 6.51. The number of carbonyl (C=O) groups is 2. The van der Waals surface area contributed by atoms with E-state index in [1.807, 2.05) is 0 Å². The van der Waals surface area contributed by atoms with Gasteiger partial charge in [-0.25, -0.2) is 9.18 Å². The zero-order valence-electron chi connectivity index (χ0n) is 14.1. The van der Waals surface area contributed by atoms with Gasteiger partial charge in [0.05, 0.1) is 25.0 Å². The first-order valence-corrected chi connectivity index (χ1v) is 7.62. The molecule has 0 saturated heterocycles. The van der Waals surface area contributed by atoms with Gasteiger partial charge in [0.15, 0.2) is 0 Å². The van der Waals surface area contributed by atoms with E-state index < -0.39 is 30.5 Å². The van der Waals surface area contributed by atoms with Gasteiger partial charge in [-0.3, -0.25) is 4.79 Å². The van der Waals surface area contributed by atoms with E-state index in [4.69, 9.17) is 0 Å². The number of rotatable bonds is 6. The summed E-state index contributed by atoms with van der Waals surface area (Å²) in [6.45, 7) is -1.64. The van der Waals surface area contributed by atoms with Crippen molar-refractivity contribution in [2.75, 3.05) is 19.0 Å². The molecule has 0 aliphatic heterocycles. The molecule has 9 heteroatoms. The number of esters is 1. The van der Waals surface area contributed by atoms with E-state index >= 15 is 0 Å². The summed E-state index contributed by atoms with van der Waals surface area (Å²) in [5.41, 5.74) is 0.443. The number of amides is 1. The molecule has 0 aliphatic rings. The highest BCUT2D eigenvalue weighted by Gasteiger charge is 2.27. The first-order chi connectivity index (χ1) is 12.7. The zero-order valence-corrected chi connectivity index (χ0v) is 14.1. The third-order valence-electron chi connectivity index (χ3n) is 3.39. The number of alkyl halides is 3. The molecule has 0 saturated carbocycles. The van der Waals surface area contributed by atoms with E-state index in [0.717, 1.165) is 12.1 Å². The first kappa shape index (κ1) is 20.4. The Morgan fingerprint density at radius 1 is 1.04 bits per heavy atom. The molecule has 0 bridgehead atoms. The monoisotopic (exact) mass is 385 g/mol. The maximum atomic E-state index is 13.8. The lowest BCUT2D eigenvalue weighted by atomic mass is 10.1. The zero-order chi connectivity index (χ0) is 20.0. The van der Waals surface area contributed by atoms with Gasteiger partial charge in [0.25, 0.3) is 5.91 Å². The Morgan fingerprint density at radius 2 is 1.67 bits per heavy atom. The van der Waals surface area contributed by atoms with Gasteiger partial charge < -0.3 is 14.8 Å². The van der Waals surface area contributed by atoms with Crippen LogP contribution in [0.2, 0.25) is 0 Å². The molecular formula is C18H15F4NO4. The molecule has 2 aromatic rings. The average molecular weight is 385 g/mol. The van der Waals surface area contributed by atoms with Crippen LogP contribution < -0.4 is 5.32 Å². The second kappa shape index (κ2) is 8.63. The van der Waals surface area contributed by atoms with Gasteiger partial charge in [0, 0.05) is 5.56 Å². The lowest BCUT2D eigenvalue weighted by molar-refractivity contribution is -0.176. The molecule has 0 aliphatic carbocycles. The standard InChI is InChI=1S/C18H15F4NO4/c1-26-17(25)13-6-7-14(19)15(8-13)23-16(24)12-4-2-11(3-5-12)9-27-10-18(20,21)22/h2-8H,9-10H2,1H3,(H,23,24). The predicted octanol–water partition coefficient (Wildman–Crippen LogP) is 3.94. The van der Waals surface area contributed by atoms with Crippen LogP contribution in [0.15, 0.2) is 42.5 Å². The number of benzene rings is 2. The van der Waals surface area contributed by atoms with Crippen molar-refractivity contribution in [1.29, 1.82) is 0 Å². The minimum absolute atomic E-state index is 0.0614. The van der Waals surface area contributed by atoms with Crippen LogP contribution in [0.4, 0.5) is 23.2 Å². The third-order valence-corrected chi connectivity index (χ3v) is 3.39. The topological polar surface area (TPSA) is 64.6 Å². The van der Waals surface area contributed by atoms with Crippen molar-refractivity contribution < 1.29 is 36.6 Å². The van der Waals surface area contributed by atoms with Gasteiger partial charge in [-0.2, -0.15) is 13.2 Å². The van der Waals surface area contributed by atoms with Gasteiger partial charge in [-0.05, 0) is 35.9 Å². The molecule has 1 amide bonds. The molecule has 0 fully saturated rings. The van der Waals surface area contributed by atoms with Crippen LogP contribution in [-0.4, -0.2) is 31.8 Å².